The Hall–Kier alpha value is -0.0700. The second kappa shape index (κ2) is 4.84. The molecule has 1 aliphatic rings. The molecule has 0 spiro atoms. The van der Waals surface area contributed by atoms with Crippen LogP contribution in [0.2, 0.25) is 0 Å². The standard InChI is InChI=1S/C9H11NO3S.Na.H/c11-14(12,13)10-7-3-5-8-4-1-2-6-9(8)10;;/h1-2,4,6H,3,5,7H2,(H,11,12,13);;. The summed E-state index contributed by atoms with van der Waals surface area (Å²) in [6, 6.07) is 7.23. The molecule has 0 aromatic heterocycles. The zero-order valence-electron chi connectivity index (χ0n) is 7.55. The Labute approximate surface area is 111 Å². The molecule has 0 saturated carbocycles. The first-order valence-electron chi connectivity index (χ1n) is 4.42. The zero-order valence-corrected chi connectivity index (χ0v) is 8.37. The van der Waals surface area contributed by atoms with E-state index in [-0.39, 0.29) is 29.6 Å². The van der Waals surface area contributed by atoms with Crippen LogP contribution in [0, 0.1) is 0 Å². The van der Waals surface area contributed by atoms with Crippen molar-refractivity contribution in [3.05, 3.63) is 29.8 Å². The Balaban J connectivity index is 0.00000112. The van der Waals surface area contributed by atoms with Crippen LogP contribution in [0.5, 0.6) is 0 Å². The molecule has 1 aromatic carbocycles. The fourth-order valence-electron chi connectivity index (χ4n) is 1.74. The number of hydrogen-bond donors (Lipinski definition) is 1. The third-order valence-electron chi connectivity index (χ3n) is 2.35. The number of benzene rings is 1. The molecule has 1 heterocycles. The van der Waals surface area contributed by atoms with Gasteiger partial charge in [0.2, 0.25) is 0 Å². The summed E-state index contributed by atoms with van der Waals surface area (Å²) >= 11 is 0. The first kappa shape index (κ1) is 13.0. The number of fused-ring (bicyclic) bond motifs is 1. The van der Waals surface area contributed by atoms with Gasteiger partial charge in [0.25, 0.3) is 0 Å². The Morgan fingerprint density at radius 1 is 1.27 bits per heavy atom. The van der Waals surface area contributed by atoms with E-state index in [1.165, 1.54) is 0 Å². The van der Waals surface area contributed by atoms with Gasteiger partial charge in [0.15, 0.2) is 0 Å². The molecule has 0 radical (unpaired) electrons. The molecule has 0 fully saturated rings. The summed E-state index contributed by atoms with van der Waals surface area (Å²) in [6.45, 7) is 0.357. The van der Waals surface area contributed by atoms with Gasteiger partial charge >= 0.3 is 39.9 Å². The van der Waals surface area contributed by atoms with Crippen molar-refractivity contribution in [2.45, 2.75) is 12.8 Å². The predicted octanol–water partition coefficient (Wildman–Crippen LogP) is 0.593. The Morgan fingerprint density at radius 3 is 2.60 bits per heavy atom. The molecule has 0 aliphatic carbocycles. The van der Waals surface area contributed by atoms with Crippen molar-refractivity contribution >= 4 is 45.5 Å². The summed E-state index contributed by atoms with van der Waals surface area (Å²) in [5.74, 6) is 0. The van der Waals surface area contributed by atoms with Crippen LogP contribution in [0.3, 0.4) is 0 Å². The molecule has 1 aromatic rings. The van der Waals surface area contributed by atoms with Crippen LogP contribution in [0.15, 0.2) is 24.3 Å². The van der Waals surface area contributed by atoms with Crippen molar-refractivity contribution < 1.29 is 13.0 Å². The fourth-order valence-corrected chi connectivity index (χ4v) is 2.53. The summed E-state index contributed by atoms with van der Waals surface area (Å²) < 4.78 is 32.1. The van der Waals surface area contributed by atoms with Gasteiger partial charge in [-0.2, -0.15) is 8.42 Å². The number of aryl methyl sites for hydroxylation is 1. The van der Waals surface area contributed by atoms with Crippen LogP contribution in [0.25, 0.3) is 0 Å². The van der Waals surface area contributed by atoms with Gasteiger partial charge in [0, 0.05) is 6.54 Å². The van der Waals surface area contributed by atoms with Crippen molar-refractivity contribution in [1.82, 2.24) is 0 Å². The molecule has 6 heteroatoms. The molecule has 4 nitrogen and oxygen atoms in total. The summed E-state index contributed by atoms with van der Waals surface area (Å²) in [5.41, 5.74) is 1.57. The van der Waals surface area contributed by atoms with Crippen molar-refractivity contribution in [2.75, 3.05) is 10.8 Å². The van der Waals surface area contributed by atoms with Gasteiger partial charge in [-0.3, -0.25) is 4.55 Å². The van der Waals surface area contributed by atoms with E-state index in [1.54, 1.807) is 12.1 Å². The van der Waals surface area contributed by atoms with Crippen LogP contribution in [-0.2, 0) is 16.7 Å². The number of para-hydroxylation sites is 1. The van der Waals surface area contributed by atoms with Crippen LogP contribution in [-0.4, -0.2) is 49.1 Å². The average molecular weight is 237 g/mol. The van der Waals surface area contributed by atoms with Crippen LogP contribution in [0.1, 0.15) is 12.0 Å². The second-order valence-electron chi connectivity index (χ2n) is 3.28. The molecule has 78 valence electrons. The average Bonchev–Trinajstić information content (AvgIpc) is 2.15. The van der Waals surface area contributed by atoms with E-state index in [1.807, 2.05) is 12.1 Å². The number of nitrogens with zero attached hydrogens (tertiary/aromatic N) is 1. The first-order valence-corrected chi connectivity index (χ1v) is 5.82. The maximum atomic E-state index is 11.0. The van der Waals surface area contributed by atoms with Crippen LogP contribution in [0.4, 0.5) is 5.69 Å². The normalized spacial score (nSPS) is 15.4. The van der Waals surface area contributed by atoms with Crippen LogP contribution < -0.4 is 4.31 Å². The van der Waals surface area contributed by atoms with E-state index in [0.29, 0.717) is 12.2 Å². The van der Waals surface area contributed by atoms with Gasteiger partial charge in [-0.1, -0.05) is 18.2 Å². The van der Waals surface area contributed by atoms with Crippen molar-refractivity contribution in [3.8, 4) is 0 Å². The minimum atomic E-state index is -4.11. The molecule has 0 unspecified atom stereocenters. The molecular weight excluding hydrogens is 225 g/mol. The zero-order chi connectivity index (χ0) is 10.2. The van der Waals surface area contributed by atoms with Crippen LogP contribution >= 0.6 is 0 Å². The molecule has 0 atom stereocenters. The van der Waals surface area contributed by atoms with Gasteiger partial charge < -0.3 is 0 Å². The number of hydrogen-bond acceptors (Lipinski definition) is 2. The molecule has 15 heavy (non-hydrogen) atoms. The Bertz CT molecular complexity index is 446. The number of rotatable bonds is 1. The van der Waals surface area contributed by atoms with Gasteiger partial charge in [0.05, 0.1) is 5.69 Å². The molecule has 1 N–H and O–H groups in total. The Kier molecular flexibility index (Phi) is 4.20. The van der Waals surface area contributed by atoms with Crippen molar-refractivity contribution in [3.63, 3.8) is 0 Å². The van der Waals surface area contributed by atoms with E-state index in [0.717, 1.165) is 22.7 Å². The first-order chi connectivity index (χ1) is 6.59. The molecule has 0 bridgehead atoms. The summed E-state index contributed by atoms with van der Waals surface area (Å²) in [5, 5.41) is 0. The molecule has 1 aliphatic heterocycles. The van der Waals surface area contributed by atoms with E-state index < -0.39 is 10.3 Å². The molecule has 0 saturated heterocycles. The van der Waals surface area contributed by atoms with E-state index in [9.17, 15) is 8.42 Å². The second-order valence-corrected chi connectivity index (χ2v) is 4.62. The summed E-state index contributed by atoms with van der Waals surface area (Å²) in [7, 11) is -4.11. The van der Waals surface area contributed by atoms with E-state index in [2.05, 4.69) is 0 Å². The summed E-state index contributed by atoms with van der Waals surface area (Å²) in [4.78, 5) is 0. The SMILES string of the molecule is O=S(=O)(O)N1CCCc2ccccc21.[NaH]. The van der Waals surface area contributed by atoms with Gasteiger partial charge in [-0.25, -0.2) is 4.31 Å². The van der Waals surface area contributed by atoms with Gasteiger partial charge in [-0.05, 0) is 24.5 Å². The van der Waals surface area contributed by atoms with Crippen molar-refractivity contribution in [2.24, 2.45) is 0 Å². The fraction of sp³-hybridized carbons (Fsp3) is 0.333. The molecule has 0 amide bonds. The molecular formula is C9H12NNaO3S. The van der Waals surface area contributed by atoms with E-state index in [4.69, 9.17) is 4.55 Å². The topological polar surface area (TPSA) is 57.6 Å². The number of anilines is 1. The monoisotopic (exact) mass is 237 g/mol. The molecule has 2 rings (SSSR count). The Morgan fingerprint density at radius 2 is 1.93 bits per heavy atom. The quantitative estimate of drug-likeness (QED) is 0.574. The van der Waals surface area contributed by atoms with E-state index >= 15 is 0 Å². The van der Waals surface area contributed by atoms with Gasteiger partial charge in [-0.15, -0.1) is 0 Å². The third-order valence-corrected chi connectivity index (χ3v) is 3.28. The van der Waals surface area contributed by atoms with Gasteiger partial charge in [0.1, 0.15) is 0 Å². The third kappa shape index (κ3) is 2.73. The summed E-state index contributed by atoms with van der Waals surface area (Å²) in [6.07, 6.45) is 1.61. The van der Waals surface area contributed by atoms with Crippen molar-refractivity contribution in [1.29, 1.82) is 0 Å². The predicted molar refractivity (Wildman–Crippen MR) is 60.8 cm³/mol. The minimum absolute atomic E-state index is 0. The maximum absolute atomic E-state index is 11.0.